The Kier molecular flexibility index (Phi) is 8.57. The number of alkyl halides is 3. The minimum Gasteiger partial charge on any atom is -0.406 e. The molecule has 1 aliphatic heterocycles. The molecule has 6 heteroatoms. The maximum absolute atomic E-state index is 12.8. The molecule has 4 atom stereocenters. The average molecular weight is 515 g/mol. The van der Waals surface area contributed by atoms with Crippen LogP contribution in [-0.4, -0.2) is 17.9 Å². The predicted molar refractivity (Wildman–Crippen MR) is 145 cm³/mol. The molecular weight excluding hydrogens is 473 g/mol. The molecule has 0 bridgehead atoms. The SMILES string of the molecule is CCCC[C@H]1Cc2cc(OC(F)(F)F)ccc2[C@H](c2ccc(NC3(C)C=C(CC)CC(CC)C3)cc2)N1. The quantitative estimate of drug-likeness (QED) is 0.328. The van der Waals surface area contributed by atoms with Crippen molar-refractivity contribution in [2.45, 2.75) is 103 Å². The molecule has 0 amide bonds. The number of hydrogen-bond donors (Lipinski definition) is 2. The molecular formula is C31H41F3N2O. The number of benzene rings is 2. The zero-order valence-corrected chi connectivity index (χ0v) is 22.5. The molecule has 37 heavy (non-hydrogen) atoms. The molecule has 1 aliphatic carbocycles. The normalized spacial score (nSPS) is 25.8. The van der Waals surface area contributed by atoms with E-state index >= 15 is 0 Å². The van der Waals surface area contributed by atoms with Gasteiger partial charge in [0.15, 0.2) is 0 Å². The highest BCUT2D eigenvalue weighted by atomic mass is 19.4. The standard InChI is InChI=1S/C31H41F3N2O/c1-5-8-9-26-17-24-18-27(37-31(32,33)34)14-15-28(24)29(35-26)23-10-12-25(13-11-23)36-30(4)19-21(6-2)16-22(7-3)20-30/h10-15,18-19,22,26,29,35-36H,5-9,16-17,20H2,1-4H3/t22?,26-,29-,30?/m0/s1. The van der Waals surface area contributed by atoms with Gasteiger partial charge < -0.3 is 15.4 Å². The van der Waals surface area contributed by atoms with E-state index in [4.69, 9.17) is 0 Å². The van der Waals surface area contributed by atoms with Crippen LogP contribution in [0.15, 0.2) is 54.1 Å². The van der Waals surface area contributed by atoms with Gasteiger partial charge >= 0.3 is 6.36 Å². The van der Waals surface area contributed by atoms with E-state index in [1.165, 1.54) is 24.5 Å². The Bertz CT molecular complexity index is 1080. The van der Waals surface area contributed by atoms with Crippen molar-refractivity contribution in [3.8, 4) is 5.75 Å². The highest BCUT2D eigenvalue weighted by Gasteiger charge is 2.33. The van der Waals surface area contributed by atoms with Crippen molar-refractivity contribution in [2.24, 2.45) is 5.92 Å². The van der Waals surface area contributed by atoms with Gasteiger partial charge in [0.1, 0.15) is 5.75 Å². The van der Waals surface area contributed by atoms with E-state index in [1.54, 1.807) is 12.1 Å². The summed E-state index contributed by atoms with van der Waals surface area (Å²) in [4.78, 5) is 0. The van der Waals surface area contributed by atoms with Gasteiger partial charge in [-0.25, -0.2) is 0 Å². The number of allylic oxidation sites excluding steroid dienone is 1. The van der Waals surface area contributed by atoms with Crippen LogP contribution in [0, 0.1) is 5.92 Å². The number of fused-ring (bicyclic) bond motifs is 1. The van der Waals surface area contributed by atoms with Gasteiger partial charge in [0.2, 0.25) is 0 Å². The second-order valence-corrected chi connectivity index (χ2v) is 11.1. The van der Waals surface area contributed by atoms with Crippen LogP contribution in [0.3, 0.4) is 0 Å². The lowest BCUT2D eigenvalue weighted by atomic mass is 9.76. The van der Waals surface area contributed by atoms with E-state index in [2.05, 4.69) is 73.4 Å². The van der Waals surface area contributed by atoms with E-state index in [1.807, 2.05) is 0 Å². The molecule has 202 valence electrons. The van der Waals surface area contributed by atoms with Gasteiger partial charge in [-0.2, -0.15) is 0 Å². The average Bonchev–Trinajstić information content (AvgIpc) is 2.85. The molecule has 2 aromatic rings. The number of rotatable bonds is 9. The summed E-state index contributed by atoms with van der Waals surface area (Å²) >= 11 is 0. The van der Waals surface area contributed by atoms with Crippen molar-refractivity contribution >= 4 is 5.69 Å². The highest BCUT2D eigenvalue weighted by molar-refractivity contribution is 5.51. The smallest absolute Gasteiger partial charge is 0.406 e. The van der Waals surface area contributed by atoms with E-state index in [0.717, 1.165) is 54.5 Å². The fourth-order valence-electron chi connectivity index (χ4n) is 6.12. The molecule has 2 aliphatic rings. The Balaban J connectivity index is 1.57. The minimum absolute atomic E-state index is 0.0679. The van der Waals surface area contributed by atoms with Crippen molar-refractivity contribution in [3.63, 3.8) is 0 Å². The van der Waals surface area contributed by atoms with E-state index in [9.17, 15) is 13.2 Å². The predicted octanol–water partition coefficient (Wildman–Crippen LogP) is 8.71. The third kappa shape index (κ3) is 7.10. The largest absolute Gasteiger partial charge is 0.573 e. The van der Waals surface area contributed by atoms with Crippen molar-refractivity contribution in [1.29, 1.82) is 0 Å². The monoisotopic (exact) mass is 514 g/mol. The van der Waals surface area contributed by atoms with Crippen LogP contribution in [0.5, 0.6) is 5.75 Å². The number of anilines is 1. The molecule has 0 fully saturated rings. The number of nitrogens with one attached hydrogen (secondary N) is 2. The Morgan fingerprint density at radius 1 is 1.05 bits per heavy atom. The van der Waals surface area contributed by atoms with Crippen molar-refractivity contribution in [3.05, 3.63) is 70.8 Å². The topological polar surface area (TPSA) is 33.3 Å². The molecule has 1 heterocycles. The summed E-state index contributed by atoms with van der Waals surface area (Å²) < 4.78 is 42.7. The number of halogens is 3. The summed E-state index contributed by atoms with van der Waals surface area (Å²) in [5.74, 6) is 0.553. The molecule has 2 unspecified atom stereocenters. The zero-order valence-electron chi connectivity index (χ0n) is 22.5. The Morgan fingerprint density at radius 2 is 1.81 bits per heavy atom. The molecule has 0 aromatic heterocycles. The highest BCUT2D eigenvalue weighted by Crippen LogP contribution is 2.38. The van der Waals surface area contributed by atoms with Crippen LogP contribution < -0.4 is 15.4 Å². The number of ether oxygens (including phenoxy) is 1. The molecule has 0 saturated heterocycles. The summed E-state index contributed by atoms with van der Waals surface area (Å²) in [5.41, 5.74) is 5.60. The van der Waals surface area contributed by atoms with Gasteiger partial charge in [-0.1, -0.05) is 69.9 Å². The first-order chi connectivity index (χ1) is 17.6. The maximum atomic E-state index is 12.8. The van der Waals surface area contributed by atoms with Crippen LogP contribution in [0.1, 0.15) is 95.4 Å². The summed E-state index contributed by atoms with van der Waals surface area (Å²) in [6.07, 6.45) is 6.17. The van der Waals surface area contributed by atoms with Gasteiger partial charge in [-0.05, 0) is 85.9 Å². The molecule has 0 spiro atoms. The second-order valence-electron chi connectivity index (χ2n) is 11.1. The van der Waals surface area contributed by atoms with E-state index in [-0.39, 0.29) is 23.4 Å². The lowest BCUT2D eigenvalue weighted by Crippen LogP contribution is -2.40. The van der Waals surface area contributed by atoms with Gasteiger partial charge in [0.05, 0.1) is 11.6 Å². The Morgan fingerprint density at radius 3 is 2.46 bits per heavy atom. The van der Waals surface area contributed by atoms with Crippen LogP contribution in [0.25, 0.3) is 0 Å². The number of hydrogen-bond acceptors (Lipinski definition) is 3. The Labute approximate surface area is 219 Å². The lowest BCUT2D eigenvalue weighted by molar-refractivity contribution is -0.274. The molecule has 4 rings (SSSR count). The van der Waals surface area contributed by atoms with Gasteiger partial charge in [-0.15, -0.1) is 13.2 Å². The summed E-state index contributed by atoms with van der Waals surface area (Å²) in [5, 5.41) is 7.55. The molecule has 0 saturated carbocycles. The minimum atomic E-state index is -4.69. The van der Waals surface area contributed by atoms with Crippen molar-refractivity contribution < 1.29 is 17.9 Å². The summed E-state index contributed by atoms with van der Waals surface area (Å²) in [6, 6.07) is 13.5. The summed E-state index contributed by atoms with van der Waals surface area (Å²) in [6.45, 7) is 8.96. The first-order valence-corrected chi connectivity index (χ1v) is 13.8. The first kappa shape index (κ1) is 27.6. The maximum Gasteiger partial charge on any atom is 0.573 e. The zero-order chi connectivity index (χ0) is 26.6. The van der Waals surface area contributed by atoms with Crippen molar-refractivity contribution in [2.75, 3.05) is 5.32 Å². The van der Waals surface area contributed by atoms with E-state index in [0.29, 0.717) is 12.3 Å². The fourth-order valence-corrected chi connectivity index (χ4v) is 6.12. The molecule has 2 N–H and O–H groups in total. The third-order valence-electron chi connectivity index (χ3n) is 7.93. The van der Waals surface area contributed by atoms with Gasteiger partial charge in [0.25, 0.3) is 0 Å². The van der Waals surface area contributed by atoms with Gasteiger partial charge in [0, 0.05) is 11.7 Å². The number of unbranched alkanes of at least 4 members (excludes halogenated alkanes) is 1. The van der Waals surface area contributed by atoms with Crippen molar-refractivity contribution in [1.82, 2.24) is 5.32 Å². The van der Waals surface area contributed by atoms with E-state index < -0.39 is 6.36 Å². The fraction of sp³-hybridized carbons (Fsp3) is 0.548. The molecule has 2 aromatic carbocycles. The Hall–Kier alpha value is -2.47. The lowest BCUT2D eigenvalue weighted by Gasteiger charge is -2.38. The van der Waals surface area contributed by atoms with Crippen LogP contribution in [0.2, 0.25) is 0 Å². The van der Waals surface area contributed by atoms with Crippen LogP contribution in [-0.2, 0) is 6.42 Å². The first-order valence-electron chi connectivity index (χ1n) is 13.8. The van der Waals surface area contributed by atoms with Gasteiger partial charge in [-0.3, -0.25) is 0 Å². The second kappa shape index (κ2) is 11.5. The van der Waals surface area contributed by atoms with Crippen LogP contribution >= 0.6 is 0 Å². The third-order valence-corrected chi connectivity index (χ3v) is 7.93. The van der Waals surface area contributed by atoms with Crippen LogP contribution in [0.4, 0.5) is 18.9 Å². The molecule has 3 nitrogen and oxygen atoms in total. The summed E-state index contributed by atoms with van der Waals surface area (Å²) in [7, 11) is 0. The molecule has 0 radical (unpaired) electrons.